The minimum absolute atomic E-state index is 0. The van der Waals surface area contributed by atoms with Gasteiger partial charge in [-0.25, -0.2) is 0 Å². The van der Waals surface area contributed by atoms with Gasteiger partial charge in [-0.05, 0) is 18.4 Å². The van der Waals surface area contributed by atoms with E-state index in [0.29, 0.717) is 5.92 Å². The first-order valence-electron chi connectivity index (χ1n) is 4.60. The molecule has 0 aliphatic heterocycles. The fourth-order valence-corrected chi connectivity index (χ4v) is 1.85. The van der Waals surface area contributed by atoms with Crippen LogP contribution in [-0.4, -0.2) is 5.54 Å². The van der Waals surface area contributed by atoms with Crippen molar-refractivity contribution in [3.8, 4) is 0 Å². The molecule has 2 heteroatoms. The van der Waals surface area contributed by atoms with Crippen molar-refractivity contribution in [3.05, 3.63) is 35.9 Å². The molecule has 1 saturated carbocycles. The molecule has 0 spiro atoms. The number of hydrogen-bond donors (Lipinski definition) is 1. The van der Waals surface area contributed by atoms with Gasteiger partial charge in [0.15, 0.2) is 0 Å². The predicted octanol–water partition coefficient (Wildman–Crippen LogP) is 2.70. The Bertz CT molecular complexity index is 273. The first kappa shape index (κ1) is 10.6. The van der Waals surface area contributed by atoms with Crippen molar-refractivity contribution in [2.24, 2.45) is 5.73 Å². The molecule has 0 aromatic heterocycles. The summed E-state index contributed by atoms with van der Waals surface area (Å²) < 4.78 is 0. The zero-order valence-corrected chi connectivity index (χ0v) is 8.68. The highest BCUT2D eigenvalue weighted by atomic mass is 35.5. The van der Waals surface area contributed by atoms with Crippen LogP contribution in [0.2, 0.25) is 0 Å². The molecule has 0 radical (unpaired) electrons. The summed E-state index contributed by atoms with van der Waals surface area (Å²) in [7, 11) is 0. The molecule has 2 unspecified atom stereocenters. The third kappa shape index (κ3) is 1.87. The van der Waals surface area contributed by atoms with E-state index in [1.807, 2.05) is 0 Å². The van der Waals surface area contributed by atoms with Crippen molar-refractivity contribution in [2.75, 3.05) is 0 Å². The van der Waals surface area contributed by atoms with Gasteiger partial charge in [0.25, 0.3) is 0 Å². The average Bonchev–Trinajstić information content (AvgIpc) is 2.81. The quantitative estimate of drug-likeness (QED) is 0.775. The Morgan fingerprint density at radius 3 is 2.46 bits per heavy atom. The molecule has 2 N–H and O–H groups in total. The number of nitrogens with two attached hydrogens (primary N) is 1. The molecule has 1 aromatic carbocycles. The first-order chi connectivity index (χ1) is 5.76. The SMILES string of the molecule is CCC1(N)CC1c1ccccc1.Cl. The standard InChI is InChI=1S/C11H15N.ClH/c1-2-11(12)8-10(11)9-6-4-3-5-7-9;/h3-7,10H,2,8,12H2,1H3;1H. The van der Waals surface area contributed by atoms with Gasteiger partial charge in [-0.2, -0.15) is 0 Å². The van der Waals surface area contributed by atoms with E-state index in [9.17, 15) is 0 Å². The largest absolute Gasteiger partial charge is 0.325 e. The summed E-state index contributed by atoms with van der Waals surface area (Å²) >= 11 is 0. The van der Waals surface area contributed by atoms with Crippen molar-refractivity contribution < 1.29 is 0 Å². The van der Waals surface area contributed by atoms with Gasteiger partial charge >= 0.3 is 0 Å². The van der Waals surface area contributed by atoms with Crippen LogP contribution >= 0.6 is 12.4 Å². The number of hydrogen-bond acceptors (Lipinski definition) is 1. The van der Waals surface area contributed by atoms with E-state index in [2.05, 4.69) is 37.3 Å². The Kier molecular flexibility index (Phi) is 2.99. The Labute approximate surface area is 85.7 Å². The van der Waals surface area contributed by atoms with Gasteiger partial charge in [-0.3, -0.25) is 0 Å². The minimum atomic E-state index is 0. The van der Waals surface area contributed by atoms with Gasteiger partial charge in [0.05, 0.1) is 0 Å². The number of halogens is 1. The van der Waals surface area contributed by atoms with E-state index in [0.717, 1.165) is 12.8 Å². The second-order valence-electron chi connectivity index (χ2n) is 3.75. The summed E-state index contributed by atoms with van der Waals surface area (Å²) in [5.74, 6) is 0.615. The molecular formula is C11H16ClN. The Hall–Kier alpha value is -0.530. The number of rotatable bonds is 2. The molecule has 0 heterocycles. The van der Waals surface area contributed by atoms with Gasteiger partial charge in [-0.15, -0.1) is 12.4 Å². The molecule has 1 aliphatic rings. The summed E-state index contributed by atoms with van der Waals surface area (Å²) in [6, 6.07) is 10.6. The predicted molar refractivity (Wildman–Crippen MR) is 58.3 cm³/mol. The molecule has 0 bridgehead atoms. The van der Waals surface area contributed by atoms with E-state index in [1.54, 1.807) is 0 Å². The van der Waals surface area contributed by atoms with Crippen LogP contribution < -0.4 is 5.73 Å². The molecule has 1 fully saturated rings. The Morgan fingerprint density at radius 1 is 1.38 bits per heavy atom. The molecule has 0 amide bonds. The lowest BCUT2D eigenvalue weighted by molar-refractivity contribution is 0.626. The summed E-state index contributed by atoms with van der Waals surface area (Å²) in [5, 5.41) is 0. The maximum absolute atomic E-state index is 6.12. The third-order valence-electron chi connectivity index (χ3n) is 2.98. The van der Waals surface area contributed by atoms with E-state index < -0.39 is 0 Å². The van der Waals surface area contributed by atoms with Crippen LogP contribution in [0.3, 0.4) is 0 Å². The van der Waals surface area contributed by atoms with Gasteiger partial charge in [0.2, 0.25) is 0 Å². The molecule has 2 rings (SSSR count). The lowest BCUT2D eigenvalue weighted by atomic mass is 10.1. The normalized spacial score (nSPS) is 30.8. The summed E-state index contributed by atoms with van der Waals surface area (Å²) in [5.41, 5.74) is 7.64. The average molecular weight is 198 g/mol. The lowest BCUT2D eigenvalue weighted by Gasteiger charge is -2.06. The minimum Gasteiger partial charge on any atom is -0.325 e. The molecule has 0 saturated heterocycles. The lowest BCUT2D eigenvalue weighted by Crippen LogP contribution is -2.22. The Balaban J connectivity index is 0.000000845. The Morgan fingerprint density at radius 2 is 2.00 bits per heavy atom. The van der Waals surface area contributed by atoms with E-state index in [-0.39, 0.29) is 17.9 Å². The fourth-order valence-electron chi connectivity index (χ4n) is 1.85. The monoisotopic (exact) mass is 197 g/mol. The third-order valence-corrected chi connectivity index (χ3v) is 2.98. The summed E-state index contributed by atoms with van der Waals surface area (Å²) in [6.45, 7) is 2.17. The van der Waals surface area contributed by atoms with Crippen molar-refractivity contribution >= 4 is 12.4 Å². The molecule has 2 atom stereocenters. The van der Waals surface area contributed by atoms with Gasteiger partial charge in [-0.1, -0.05) is 37.3 Å². The van der Waals surface area contributed by atoms with Gasteiger partial charge < -0.3 is 5.73 Å². The second kappa shape index (κ2) is 3.69. The van der Waals surface area contributed by atoms with Crippen molar-refractivity contribution in [1.82, 2.24) is 0 Å². The highest BCUT2D eigenvalue weighted by Crippen LogP contribution is 2.51. The molecule has 1 aromatic rings. The summed E-state index contributed by atoms with van der Waals surface area (Å²) in [6.07, 6.45) is 2.25. The van der Waals surface area contributed by atoms with Crippen molar-refractivity contribution in [3.63, 3.8) is 0 Å². The number of benzene rings is 1. The van der Waals surface area contributed by atoms with Gasteiger partial charge in [0.1, 0.15) is 0 Å². The van der Waals surface area contributed by atoms with Crippen molar-refractivity contribution in [1.29, 1.82) is 0 Å². The smallest absolute Gasteiger partial charge is 0.0228 e. The second-order valence-corrected chi connectivity index (χ2v) is 3.75. The van der Waals surface area contributed by atoms with E-state index >= 15 is 0 Å². The maximum Gasteiger partial charge on any atom is 0.0228 e. The van der Waals surface area contributed by atoms with Crippen LogP contribution in [0.4, 0.5) is 0 Å². The van der Waals surface area contributed by atoms with E-state index in [4.69, 9.17) is 5.73 Å². The van der Waals surface area contributed by atoms with Crippen LogP contribution in [0, 0.1) is 0 Å². The molecular weight excluding hydrogens is 182 g/mol. The van der Waals surface area contributed by atoms with Gasteiger partial charge in [0, 0.05) is 11.5 Å². The molecule has 13 heavy (non-hydrogen) atoms. The van der Waals surface area contributed by atoms with Crippen LogP contribution in [0.1, 0.15) is 31.2 Å². The van der Waals surface area contributed by atoms with Crippen LogP contribution in [0.5, 0.6) is 0 Å². The summed E-state index contributed by atoms with van der Waals surface area (Å²) in [4.78, 5) is 0. The highest BCUT2D eigenvalue weighted by Gasteiger charge is 2.49. The first-order valence-corrected chi connectivity index (χ1v) is 4.60. The molecule has 1 aliphatic carbocycles. The fraction of sp³-hybridized carbons (Fsp3) is 0.455. The molecule has 72 valence electrons. The highest BCUT2D eigenvalue weighted by molar-refractivity contribution is 5.85. The topological polar surface area (TPSA) is 26.0 Å². The van der Waals surface area contributed by atoms with E-state index in [1.165, 1.54) is 5.56 Å². The van der Waals surface area contributed by atoms with Crippen molar-refractivity contribution in [2.45, 2.75) is 31.2 Å². The van der Waals surface area contributed by atoms with Crippen LogP contribution in [0.15, 0.2) is 30.3 Å². The van der Waals surface area contributed by atoms with Crippen LogP contribution in [-0.2, 0) is 0 Å². The zero-order chi connectivity index (χ0) is 8.60. The molecule has 1 nitrogen and oxygen atoms in total. The maximum atomic E-state index is 6.12. The zero-order valence-electron chi connectivity index (χ0n) is 7.86. The van der Waals surface area contributed by atoms with Crippen LogP contribution in [0.25, 0.3) is 0 Å².